The first-order valence-electron chi connectivity index (χ1n) is 10.2. The van der Waals surface area contributed by atoms with Crippen molar-refractivity contribution in [2.45, 2.75) is 25.3 Å². The Kier molecular flexibility index (Phi) is 7.61. The Balaban J connectivity index is 1.44. The van der Waals surface area contributed by atoms with Gasteiger partial charge in [0, 0.05) is 12.5 Å². The van der Waals surface area contributed by atoms with Crippen molar-refractivity contribution < 1.29 is 29.0 Å². The molecular weight excluding hydrogens is 400 g/mol. The molecule has 1 aliphatic carbocycles. The number of carbonyl (C=O) groups excluding carboxylic acids is 2. The smallest absolute Gasteiger partial charge is 0.407 e. The molecule has 0 fully saturated rings. The second kappa shape index (κ2) is 10.6. The van der Waals surface area contributed by atoms with E-state index in [9.17, 15) is 14.4 Å². The molecule has 1 atom stereocenters. The standard InChI is InChI=1S/C23H26N2O6/c1-15(22(28)24-11-13-30-12-10-21(26)27)25-23(29)31-14-20-18-8-4-2-6-16(18)17-7-3-5-9-19(17)20/h2-9,15,20H,10-14H2,1H3,(H,24,28)(H,25,29)(H,26,27). The summed E-state index contributed by atoms with van der Waals surface area (Å²) >= 11 is 0. The van der Waals surface area contributed by atoms with Gasteiger partial charge in [-0.1, -0.05) is 48.5 Å². The second-order valence-corrected chi connectivity index (χ2v) is 7.24. The molecular formula is C23H26N2O6. The molecule has 8 heteroatoms. The maximum absolute atomic E-state index is 12.2. The van der Waals surface area contributed by atoms with Crippen LogP contribution in [0.15, 0.2) is 48.5 Å². The summed E-state index contributed by atoms with van der Waals surface area (Å²) in [6.07, 6.45) is -0.754. The van der Waals surface area contributed by atoms with Crippen molar-refractivity contribution in [3.63, 3.8) is 0 Å². The number of ether oxygens (including phenoxy) is 2. The minimum Gasteiger partial charge on any atom is -0.481 e. The monoisotopic (exact) mass is 426 g/mol. The average molecular weight is 426 g/mol. The molecule has 1 aliphatic rings. The average Bonchev–Trinajstić information content (AvgIpc) is 3.08. The fraction of sp³-hybridized carbons (Fsp3) is 0.348. The number of amides is 2. The molecule has 3 N–H and O–H groups in total. The van der Waals surface area contributed by atoms with Crippen molar-refractivity contribution in [1.82, 2.24) is 10.6 Å². The van der Waals surface area contributed by atoms with E-state index in [0.717, 1.165) is 22.3 Å². The lowest BCUT2D eigenvalue weighted by atomic mass is 9.98. The van der Waals surface area contributed by atoms with Crippen LogP contribution in [0.1, 0.15) is 30.4 Å². The van der Waals surface area contributed by atoms with Crippen LogP contribution < -0.4 is 10.6 Å². The Bertz CT molecular complexity index is 900. The van der Waals surface area contributed by atoms with Crippen LogP contribution >= 0.6 is 0 Å². The molecule has 0 bridgehead atoms. The van der Waals surface area contributed by atoms with Gasteiger partial charge in [0.2, 0.25) is 5.91 Å². The van der Waals surface area contributed by atoms with E-state index in [1.165, 1.54) is 0 Å². The van der Waals surface area contributed by atoms with Gasteiger partial charge in [0.25, 0.3) is 0 Å². The number of aliphatic carboxylic acids is 1. The topological polar surface area (TPSA) is 114 Å². The molecule has 0 heterocycles. The highest BCUT2D eigenvalue weighted by molar-refractivity contribution is 5.85. The van der Waals surface area contributed by atoms with Gasteiger partial charge in [-0.05, 0) is 29.2 Å². The van der Waals surface area contributed by atoms with Gasteiger partial charge in [0.05, 0.1) is 19.6 Å². The molecule has 2 aromatic carbocycles. The number of nitrogens with one attached hydrogen (secondary N) is 2. The number of carbonyl (C=O) groups is 3. The van der Waals surface area contributed by atoms with Crippen molar-refractivity contribution in [3.05, 3.63) is 59.7 Å². The van der Waals surface area contributed by atoms with Crippen LogP contribution in [0.4, 0.5) is 4.79 Å². The fourth-order valence-corrected chi connectivity index (χ4v) is 3.54. The van der Waals surface area contributed by atoms with Crippen LogP contribution in [-0.4, -0.2) is 55.5 Å². The first-order valence-corrected chi connectivity index (χ1v) is 10.2. The second-order valence-electron chi connectivity index (χ2n) is 7.24. The van der Waals surface area contributed by atoms with Gasteiger partial charge in [-0.2, -0.15) is 0 Å². The summed E-state index contributed by atoms with van der Waals surface area (Å²) in [4.78, 5) is 34.7. The van der Waals surface area contributed by atoms with Crippen molar-refractivity contribution in [2.24, 2.45) is 0 Å². The predicted molar refractivity (Wildman–Crippen MR) is 114 cm³/mol. The molecule has 1 unspecified atom stereocenters. The van der Waals surface area contributed by atoms with E-state index in [-0.39, 0.29) is 44.6 Å². The van der Waals surface area contributed by atoms with Crippen molar-refractivity contribution in [1.29, 1.82) is 0 Å². The maximum Gasteiger partial charge on any atom is 0.407 e. The number of carboxylic acids is 1. The normalized spacial score (nSPS) is 13.1. The molecule has 31 heavy (non-hydrogen) atoms. The quantitative estimate of drug-likeness (QED) is 0.503. The SMILES string of the molecule is CC(NC(=O)OCC1c2ccccc2-c2ccccc21)C(=O)NCCOCCC(=O)O. The van der Waals surface area contributed by atoms with Crippen LogP contribution in [0.2, 0.25) is 0 Å². The Morgan fingerprint density at radius 3 is 2.23 bits per heavy atom. The Morgan fingerprint density at radius 2 is 1.61 bits per heavy atom. The van der Waals surface area contributed by atoms with Gasteiger partial charge in [0.15, 0.2) is 0 Å². The summed E-state index contributed by atoms with van der Waals surface area (Å²) in [5, 5.41) is 13.7. The van der Waals surface area contributed by atoms with Crippen LogP contribution in [0.5, 0.6) is 0 Å². The Morgan fingerprint density at radius 1 is 1.00 bits per heavy atom. The van der Waals surface area contributed by atoms with E-state index >= 15 is 0 Å². The summed E-state index contributed by atoms with van der Waals surface area (Å²) in [6.45, 7) is 2.22. The number of hydrogen-bond acceptors (Lipinski definition) is 5. The molecule has 0 saturated carbocycles. The lowest BCUT2D eigenvalue weighted by molar-refractivity contribution is -0.138. The van der Waals surface area contributed by atoms with Crippen LogP contribution in [0.25, 0.3) is 11.1 Å². The van der Waals surface area contributed by atoms with Crippen molar-refractivity contribution in [2.75, 3.05) is 26.4 Å². The van der Waals surface area contributed by atoms with Crippen LogP contribution in [-0.2, 0) is 19.1 Å². The molecule has 3 rings (SSSR count). The summed E-state index contributed by atoms with van der Waals surface area (Å²) in [6, 6.07) is 15.3. The summed E-state index contributed by atoms with van der Waals surface area (Å²) in [7, 11) is 0. The lowest BCUT2D eigenvalue weighted by Crippen LogP contribution is -2.46. The zero-order chi connectivity index (χ0) is 22.2. The molecule has 0 radical (unpaired) electrons. The van der Waals surface area contributed by atoms with Gasteiger partial charge in [0.1, 0.15) is 12.6 Å². The Labute approximate surface area is 180 Å². The number of benzene rings is 2. The zero-order valence-electron chi connectivity index (χ0n) is 17.3. The lowest BCUT2D eigenvalue weighted by Gasteiger charge is -2.17. The van der Waals surface area contributed by atoms with E-state index in [2.05, 4.69) is 22.8 Å². The molecule has 0 saturated heterocycles. The van der Waals surface area contributed by atoms with Crippen molar-refractivity contribution in [3.8, 4) is 11.1 Å². The number of alkyl carbamates (subject to hydrolysis) is 1. The minimum absolute atomic E-state index is 0.0507. The Hall–Kier alpha value is -3.39. The summed E-state index contributed by atoms with van der Waals surface area (Å²) in [5.41, 5.74) is 4.52. The third-order valence-corrected chi connectivity index (χ3v) is 5.08. The van der Waals surface area contributed by atoms with Gasteiger partial charge in [-0.25, -0.2) is 4.79 Å². The maximum atomic E-state index is 12.2. The van der Waals surface area contributed by atoms with E-state index in [4.69, 9.17) is 14.6 Å². The first-order chi connectivity index (χ1) is 15.0. The van der Waals surface area contributed by atoms with Gasteiger partial charge >= 0.3 is 12.1 Å². The third-order valence-electron chi connectivity index (χ3n) is 5.08. The third kappa shape index (κ3) is 5.82. The molecule has 8 nitrogen and oxygen atoms in total. The zero-order valence-corrected chi connectivity index (χ0v) is 17.3. The molecule has 164 valence electrons. The fourth-order valence-electron chi connectivity index (χ4n) is 3.54. The first kappa shape index (κ1) is 22.3. The molecule has 0 aliphatic heterocycles. The predicted octanol–water partition coefficient (Wildman–Crippen LogP) is 2.52. The number of fused-ring (bicyclic) bond motifs is 3. The van der Waals surface area contributed by atoms with E-state index in [1.807, 2.05) is 36.4 Å². The number of hydrogen-bond donors (Lipinski definition) is 3. The highest BCUT2D eigenvalue weighted by atomic mass is 16.5. The summed E-state index contributed by atoms with van der Waals surface area (Å²) in [5.74, 6) is -1.37. The van der Waals surface area contributed by atoms with Crippen molar-refractivity contribution >= 4 is 18.0 Å². The molecule has 2 amide bonds. The molecule has 0 spiro atoms. The van der Waals surface area contributed by atoms with E-state index in [0.29, 0.717) is 0 Å². The van der Waals surface area contributed by atoms with E-state index in [1.54, 1.807) is 6.92 Å². The number of carboxylic acid groups (broad SMARTS) is 1. The molecule has 0 aromatic heterocycles. The minimum atomic E-state index is -0.940. The van der Waals surface area contributed by atoms with Crippen LogP contribution in [0.3, 0.4) is 0 Å². The number of rotatable bonds is 10. The summed E-state index contributed by atoms with van der Waals surface area (Å²) < 4.78 is 10.5. The van der Waals surface area contributed by atoms with E-state index < -0.39 is 18.1 Å². The van der Waals surface area contributed by atoms with Gasteiger partial charge in [-0.3, -0.25) is 9.59 Å². The highest BCUT2D eigenvalue weighted by Crippen LogP contribution is 2.44. The van der Waals surface area contributed by atoms with Crippen LogP contribution in [0, 0.1) is 0 Å². The van der Waals surface area contributed by atoms with Gasteiger partial charge in [-0.15, -0.1) is 0 Å². The van der Waals surface area contributed by atoms with Gasteiger partial charge < -0.3 is 25.2 Å². The molecule has 2 aromatic rings. The largest absolute Gasteiger partial charge is 0.481 e. The highest BCUT2D eigenvalue weighted by Gasteiger charge is 2.29.